The van der Waals surface area contributed by atoms with Gasteiger partial charge in [0.05, 0.1) is 12.1 Å². The number of carbonyl (C=O) groups excluding carboxylic acids is 1. The van der Waals surface area contributed by atoms with Crippen LogP contribution in [0.4, 0.5) is 0 Å². The quantitative estimate of drug-likeness (QED) is 0.768. The zero-order valence-corrected chi connectivity index (χ0v) is 9.49. The van der Waals surface area contributed by atoms with Gasteiger partial charge in [0.15, 0.2) is 6.29 Å². The van der Waals surface area contributed by atoms with Crippen molar-refractivity contribution in [2.45, 2.75) is 6.92 Å². The molecular weight excluding hydrogens is 226 g/mol. The van der Waals surface area contributed by atoms with Crippen molar-refractivity contribution in [3.63, 3.8) is 0 Å². The summed E-state index contributed by atoms with van der Waals surface area (Å²) in [6, 6.07) is 7.09. The van der Waals surface area contributed by atoms with Crippen LogP contribution in [0.1, 0.15) is 17.4 Å². The number of benzene rings is 1. The van der Waals surface area contributed by atoms with Crippen LogP contribution in [0.5, 0.6) is 5.75 Å². The van der Waals surface area contributed by atoms with E-state index in [1.54, 1.807) is 24.3 Å². The lowest BCUT2D eigenvalue weighted by molar-refractivity contribution is 0.111. The second-order valence-electron chi connectivity index (χ2n) is 3.26. The van der Waals surface area contributed by atoms with Crippen LogP contribution < -0.4 is 4.74 Å². The summed E-state index contributed by atoms with van der Waals surface area (Å²) in [7, 11) is 0. The van der Waals surface area contributed by atoms with Crippen molar-refractivity contribution in [2.75, 3.05) is 6.61 Å². The van der Waals surface area contributed by atoms with Crippen molar-refractivity contribution < 1.29 is 9.53 Å². The topological polar surface area (TPSA) is 39.2 Å². The van der Waals surface area contributed by atoms with Crippen LogP contribution in [-0.4, -0.2) is 17.9 Å². The average molecular weight is 236 g/mol. The summed E-state index contributed by atoms with van der Waals surface area (Å²) in [6.45, 7) is 2.35. The normalized spacial score (nSPS) is 10.4. The van der Waals surface area contributed by atoms with E-state index in [1.165, 1.54) is 0 Å². The first kappa shape index (κ1) is 10.9. The Hall–Kier alpha value is -1.61. The first-order valence-corrected chi connectivity index (χ1v) is 5.30. The van der Waals surface area contributed by atoms with Crippen molar-refractivity contribution >= 4 is 28.8 Å². The predicted molar refractivity (Wildman–Crippen MR) is 63.3 cm³/mol. The molecule has 0 aliphatic carbocycles. The molecule has 0 aliphatic rings. The van der Waals surface area contributed by atoms with Crippen LogP contribution in [0.15, 0.2) is 24.3 Å². The van der Waals surface area contributed by atoms with Gasteiger partial charge in [0.25, 0.3) is 0 Å². The lowest BCUT2D eigenvalue weighted by atomic mass is 10.2. The summed E-state index contributed by atoms with van der Waals surface area (Å²) in [6.07, 6.45) is 0.693. The van der Waals surface area contributed by atoms with Crippen molar-refractivity contribution in [1.29, 1.82) is 0 Å². The van der Waals surface area contributed by atoms with Gasteiger partial charge < -0.3 is 4.74 Å². The molecule has 0 unspecified atom stereocenters. The first-order chi connectivity index (χ1) is 7.74. The van der Waals surface area contributed by atoms with Crippen molar-refractivity contribution in [2.24, 2.45) is 0 Å². The Kier molecular flexibility index (Phi) is 3.06. The van der Waals surface area contributed by atoms with Crippen LogP contribution in [0.25, 0.3) is 10.9 Å². The van der Waals surface area contributed by atoms with Gasteiger partial charge in [0.2, 0.25) is 0 Å². The molecule has 82 valence electrons. The number of rotatable bonds is 3. The molecule has 0 saturated carbocycles. The molecule has 0 saturated heterocycles. The maximum atomic E-state index is 10.8. The van der Waals surface area contributed by atoms with E-state index in [2.05, 4.69) is 4.98 Å². The minimum absolute atomic E-state index is 0.316. The van der Waals surface area contributed by atoms with Gasteiger partial charge in [-0.2, -0.15) is 0 Å². The number of ether oxygens (including phenoxy) is 1. The van der Waals surface area contributed by atoms with Crippen molar-refractivity contribution in [3.05, 3.63) is 35.0 Å². The van der Waals surface area contributed by atoms with Crippen LogP contribution in [0, 0.1) is 0 Å². The second kappa shape index (κ2) is 4.49. The first-order valence-electron chi connectivity index (χ1n) is 4.93. The van der Waals surface area contributed by atoms with Gasteiger partial charge in [0.1, 0.15) is 11.4 Å². The molecule has 0 radical (unpaired) electrons. The van der Waals surface area contributed by atoms with Gasteiger partial charge in [-0.3, -0.25) is 4.79 Å². The fraction of sp³-hybridized carbons (Fsp3) is 0.167. The molecule has 2 rings (SSSR count). The van der Waals surface area contributed by atoms with E-state index < -0.39 is 0 Å². The molecule has 0 bridgehead atoms. The maximum Gasteiger partial charge on any atom is 0.172 e. The number of hydrogen-bond donors (Lipinski definition) is 0. The number of nitrogens with zero attached hydrogens (tertiary/aromatic N) is 1. The highest BCUT2D eigenvalue weighted by Crippen LogP contribution is 2.24. The van der Waals surface area contributed by atoms with E-state index in [1.807, 2.05) is 6.92 Å². The zero-order valence-electron chi connectivity index (χ0n) is 8.74. The summed E-state index contributed by atoms with van der Waals surface area (Å²) in [4.78, 5) is 15.0. The molecule has 0 amide bonds. The molecule has 2 aromatic rings. The van der Waals surface area contributed by atoms with Crippen molar-refractivity contribution in [1.82, 2.24) is 4.98 Å². The lowest BCUT2D eigenvalue weighted by Crippen LogP contribution is -1.98. The average Bonchev–Trinajstić information content (AvgIpc) is 2.28. The Bertz CT molecular complexity index is 540. The van der Waals surface area contributed by atoms with Gasteiger partial charge >= 0.3 is 0 Å². The third-order valence-corrected chi connectivity index (χ3v) is 2.42. The van der Waals surface area contributed by atoms with E-state index in [9.17, 15) is 4.79 Å². The summed E-state index contributed by atoms with van der Waals surface area (Å²) in [5.74, 6) is 0.493. The number of carbonyl (C=O) groups is 1. The van der Waals surface area contributed by atoms with Gasteiger partial charge in [-0.15, -0.1) is 0 Å². The summed E-state index contributed by atoms with van der Waals surface area (Å²) in [5.41, 5.74) is 1.05. The van der Waals surface area contributed by atoms with Crippen LogP contribution in [0.3, 0.4) is 0 Å². The van der Waals surface area contributed by atoms with E-state index >= 15 is 0 Å². The van der Waals surface area contributed by atoms with E-state index in [0.717, 1.165) is 10.9 Å². The number of pyridine rings is 1. The van der Waals surface area contributed by atoms with Crippen LogP contribution in [0.2, 0.25) is 5.02 Å². The molecule has 4 heteroatoms. The lowest BCUT2D eigenvalue weighted by Gasteiger charge is -2.07. The number of aldehydes is 1. The molecule has 0 N–H and O–H groups in total. The summed E-state index contributed by atoms with van der Waals surface area (Å²) >= 11 is 5.88. The van der Waals surface area contributed by atoms with Gasteiger partial charge in [-0.05, 0) is 31.2 Å². The van der Waals surface area contributed by atoms with E-state index in [-0.39, 0.29) is 0 Å². The second-order valence-corrected chi connectivity index (χ2v) is 3.70. The third kappa shape index (κ3) is 1.99. The fourth-order valence-corrected chi connectivity index (χ4v) is 1.68. The number of hydrogen-bond acceptors (Lipinski definition) is 3. The highest BCUT2D eigenvalue weighted by atomic mass is 35.5. The Morgan fingerprint density at radius 1 is 1.44 bits per heavy atom. The number of aromatic nitrogens is 1. The monoisotopic (exact) mass is 235 g/mol. The maximum absolute atomic E-state index is 10.8. The van der Waals surface area contributed by atoms with Gasteiger partial charge in [0, 0.05) is 10.4 Å². The Labute approximate surface area is 98.0 Å². The van der Waals surface area contributed by atoms with E-state index in [4.69, 9.17) is 16.3 Å². The Morgan fingerprint density at radius 3 is 2.94 bits per heavy atom. The largest absolute Gasteiger partial charge is 0.491 e. The third-order valence-electron chi connectivity index (χ3n) is 2.18. The zero-order chi connectivity index (χ0) is 11.5. The molecule has 0 fully saturated rings. The molecule has 1 aromatic carbocycles. The van der Waals surface area contributed by atoms with Gasteiger partial charge in [-0.1, -0.05) is 11.6 Å². The molecule has 1 aromatic heterocycles. The summed E-state index contributed by atoms with van der Waals surface area (Å²) < 4.78 is 5.34. The van der Waals surface area contributed by atoms with E-state index in [0.29, 0.717) is 29.4 Å². The smallest absolute Gasteiger partial charge is 0.172 e. The SMILES string of the molecule is CCOc1cc2cc(Cl)ccc2nc1C=O. The predicted octanol–water partition coefficient (Wildman–Crippen LogP) is 3.10. The standard InChI is InChI=1S/C12H10ClNO2/c1-2-16-12-6-8-5-9(13)3-4-10(8)14-11(12)7-15/h3-7H,2H2,1H3. The Balaban J connectivity index is 2.65. The molecule has 0 aliphatic heterocycles. The Morgan fingerprint density at radius 2 is 2.25 bits per heavy atom. The number of fused-ring (bicyclic) bond motifs is 1. The summed E-state index contributed by atoms with van der Waals surface area (Å²) in [5, 5.41) is 1.50. The van der Waals surface area contributed by atoms with Crippen LogP contribution >= 0.6 is 11.6 Å². The minimum atomic E-state index is 0.316. The molecule has 0 spiro atoms. The van der Waals surface area contributed by atoms with Crippen molar-refractivity contribution in [3.8, 4) is 5.75 Å². The van der Waals surface area contributed by atoms with Gasteiger partial charge in [-0.25, -0.2) is 4.98 Å². The molecule has 16 heavy (non-hydrogen) atoms. The molecule has 0 atom stereocenters. The fourth-order valence-electron chi connectivity index (χ4n) is 1.50. The molecule has 1 heterocycles. The minimum Gasteiger partial charge on any atom is -0.491 e. The van der Waals surface area contributed by atoms with Crippen LogP contribution in [-0.2, 0) is 0 Å². The highest BCUT2D eigenvalue weighted by Gasteiger charge is 2.07. The number of halogens is 1. The highest BCUT2D eigenvalue weighted by molar-refractivity contribution is 6.31. The molecule has 3 nitrogen and oxygen atoms in total. The molecular formula is C12H10ClNO2.